The van der Waals surface area contributed by atoms with E-state index in [1.807, 2.05) is 6.92 Å². The fourth-order valence-electron chi connectivity index (χ4n) is 7.97. The smallest absolute Gasteiger partial charge is 0.309 e. The van der Waals surface area contributed by atoms with Crippen molar-refractivity contribution in [2.75, 3.05) is 211 Å². The van der Waals surface area contributed by atoms with Gasteiger partial charge in [0, 0.05) is 110 Å². The van der Waals surface area contributed by atoms with Crippen LogP contribution in [0.3, 0.4) is 0 Å². The lowest BCUT2D eigenvalue weighted by atomic mass is 10.1. The molecule has 0 fully saturated rings. The topological polar surface area (TPSA) is 628 Å². The summed E-state index contributed by atoms with van der Waals surface area (Å²) in [6, 6.07) is 0. The average Bonchev–Trinajstić information content (AvgIpc) is 0.877. The van der Waals surface area contributed by atoms with Crippen LogP contribution in [0.4, 0.5) is 0 Å². The highest BCUT2D eigenvalue weighted by Crippen LogP contribution is 2.19. The lowest BCUT2D eigenvalue weighted by Crippen LogP contribution is -2.28. The minimum Gasteiger partial charge on any atom is -0.469 e. The number of sulfone groups is 5. The van der Waals surface area contributed by atoms with Crippen LogP contribution in [0.5, 0.6) is 0 Å². The number of aliphatic hydroxyl groups is 8. The maximum Gasteiger partial charge on any atom is 0.309 e. The van der Waals surface area contributed by atoms with E-state index in [4.69, 9.17) is 59.8 Å². The maximum absolute atomic E-state index is 11.7. The van der Waals surface area contributed by atoms with Gasteiger partial charge in [0.15, 0.2) is 49.2 Å². The monoisotopic (exact) mass is 1950 g/mol. The molecule has 0 spiro atoms. The normalized spacial score (nSPS) is 11.7. The second-order valence-electron chi connectivity index (χ2n) is 25.4. The Balaban J connectivity index is -0.000000172. The van der Waals surface area contributed by atoms with E-state index in [9.17, 15) is 104 Å². The van der Waals surface area contributed by atoms with Crippen molar-refractivity contribution < 1.29 is 183 Å². The van der Waals surface area contributed by atoms with Gasteiger partial charge in [-0.15, -0.1) is 0 Å². The van der Waals surface area contributed by atoms with E-state index < -0.39 is 121 Å². The van der Waals surface area contributed by atoms with Crippen LogP contribution in [0.25, 0.3) is 0 Å². The van der Waals surface area contributed by atoms with E-state index in [1.54, 1.807) is 65.1 Å². The quantitative estimate of drug-likeness (QED) is 0.0244. The molecule has 8 N–H and O–H groups in total. The van der Waals surface area contributed by atoms with Crippen LogP contribution in [-0.4, -0.2) is 371 Å². The summed E-state index contributed by atoms with van der Waals surface area (Å²) in [5.74, 6) is -2.87. The minimum absolute atomic E-state index is 0.0101. The molecule has 0 saturated carbocycles. The minimum atomic E-state index is -3.56. The Labute approximate surface area is 745 Å². The van der Waals surface area contributed by atoms with Crippen molar-refractivity contribution in [3.05, 3.63) is 0 Å². The summed E-state index contributed by atoms with van der Waals surface area (Å²) in [6.45, 7) is 15.7. The third-order valence-corrected chi connectivity index (χ3v) is 27.0. The molecule has 0 aliphatic heterocycles. The molecule has 0 aliphatic rings. The largest absolute Gasteiger partial charge is 0.469 e. The standard InChI is InChI=1S/C12H22O7S.C12H22O5S.C10H18O7S.C10H18O5S.C7H14O3S.2C6H12O4S.2C6H12O2S/c1-3-18-11(14)6-5-10(12(15)19-4-2)9-20(16,17)8-7-13;1-3-16-11(14)6-5-10(9-18-8-7-13)12(15)17-4-2;1-16-9(12)4-3-8(10(13)17-2)7-18(14,15)6-5-11;1-14-9(12)4-3-8(10(13)15-2)7-16-6-5-11;1-3-5-11(9,10)6-4-7(2)8;2*1-6(8)2-4-11(9,10)5-3-7;2*1-6(8)2-4-9-5-3-7/h10,13H,3-9H2,1-2H3;10,13H,3-9H2,1-2H3;8,11H,3-7H2,1-2H3;8,11H,3-7H2,1-2H3;3-6H2,1-2H3;2*7H,2-5H2,1H3;2*7H,2-5H2,1H3. The van der Waals surface area contributed by atoms with Crippen molar-refractivity contribution in [1.82, 2.24) is 0 Å². The van der Waals surface area contributed by atoms with Crippen LogP contribution in [-0.2, 0) is 149 Å². The highest BCUT2D eigenvalue weighted by molar-refractivity contribution is 8.00. The number of esters is 8. The number of Topliss-reactive ketones (excluding diaryl/α,β-unsaturated/α-hetero) is 5. The van der Waals surface area contributed by atoms with Crippen LogP contribution >= 0.6 is 47.0 Å². The van der Waals surface area contributed by atoms with Crippen LogP contribution in [0, 0.1) is 23.7 Å². The second kappa shape index (κ2) is 90.3. The van der Waals surface area contributed by atoms with Crippen LogP contribution < -0.4 is 0 Å². The number of carbonyl (C=O) groups excluding carboxylic acids is 13. The molecule has 0 aromatic rings. The first-order chi connectivity index (χ1) is 57.5. The van der Waals surface area contributed by atoms with Crippen molar-refractivity contribution in [2.45, 2.75) is 159 Å². The molecule has 0 amide bonds. The van der Waals surface area contributed by atoms with Gasteiger partial charge in [-0.05, 0) is 94.4 Å². The number of carbonyl (C=O) groups is 13. The summed E-state index contributed by atoms with van der Waals surface area (Å²) in [5.41, 5.74) is 0. The first-order valence-corrected chi connectivity index (χ1v) is 52.8. The highest BCUT2D eigenvalue weighted by atomic mass is 32.2. The van der Waals surface area contributed by atoms with Gasteiger partial charge in [0.1, 0.15) is 28.9 Å². The Morgan fingerprint density at radius 3 is 0.764 bits per heavy atom. The van der Waals surface area contributed by atoms with Crippen molar-refractivity contribution >= 4 is 173 Å². The highest BCUT2D eigenvalue weighted by Gasteiger charge is 2.29. The molecule has 0 radical (unpaired) electrons. The van der Waals surface area contributed by atoms with E-state index in [0.717, 1.165) is 30.1 Å². The summed E-state index contributed by atoms with van der Waals surface area (Å²) in [4.78, 5) is 142. The third-order valence-electron chi connectivity index (χ3n) is 14.3. The molecule has 4 atom stereocenters. The van der Waals surface area contributed by atoms with Gasteiger partial charge in [-0.1, -0.05) is 6.92 Å². The van der Waals surface area contributed by atoms with Crippen LogP contribution in [0.2, 0.25) is 0 Å². The molecular weight excluding hydrogens is 1810 g/mol. The van der Waals surface area contributed by atoms with E-state index in [0.29, 0.717) is 68.3 Å². The number of ether oxygens (including phenoxy) is 8. The number of thioether (sulfide) groups is 4. The Morgan fingerprint density at radius 1 is 0.260 bits per heavy atom. The number of methoxy groups -OCH3 is 4. The van der Waals surface area contributed by atoms with Crippen molar-refractivity contribution in [3.8, 4) is 0 Å². The number of rotatable bonds is 61. The lowest BCUT2D eigenvalue weighted by Gasteiger charge is -2.15. The number of aliphatic hydroxyl groups excluding tert-OH is 8. The Morgan fingerprint density at radius 2 is 0.504 bits per heavy atom. The molecule has 730 valence electrons. The van der Waals surface area contributed by atoms with Crippen molar-refractivity contribution in [1.29, 1.82) is 0 Å². The van der Waals surface area contributed by atoms with Gasteiger partial charge in [-0.25, -0.2) is 42.1 Å². The summed E-state index contributed by atoms with van der Waals surface area (Å²) in [5, 5.41) is 67.8. The molecule has 123 heavy (non-hydrogen) atoms. The Bertz CT molecular complexity index is 3270. The lowest BCUT2D eigenvalue weighted by molar-refractivity contribution is -0.150. The molecule has 0 aromatic heterocycles. The maximum atomic E-state index is 11.7. The zero-order chi connectivity index (χ0) is 96.9. The molecule has 4 unspecified atom stereocenters. The number of hydrogen-bond acceptors (Lipinski definition) is 43. The summed E-state index contributed by atoms with van der Waals surface area (Å²) in [7, 11) is -11.5. The molecule has 48 heteroatoms. The second-order valence-corrected chi connectivity index (χ2v) is 41.5. The van der Waals surface area contributed by atoms with Crippen molar-refractivity contribution in [3.63, 3.8) is 0 Å². The van der Waals surface area contributed by atoms with Gasteiger partial charge < -0.3 is 78.7 Å². The molecule has 0 saturated heterocycles. The van der Waals surface area contributed by atoms with Gasteiger partial charge in [0.05, 0.1) is 183 Å². The summed E-state index contributed by atoms with van der Waals surface area (Å²) >= 11 is 6.16. The zero-order valence-corrected chi connectivity index (χ0v) is 81.2. The van der Waals surface area contributed by atoms with Gasteiger partial charge in [0.2, 0.25) is 0 Å². The van der Waals surface area contributed by atoms with Gasteiger partial charge in [-0.2, -0.15) is 47.0 Å². The first kappa shape index (κ1) is 136. The predicted molar refractivity (Wildman–Crippen MR) is 472 cm³/mol. The molecule has 0 aliphatic carbocycles. The van der Waals surface area contributed by atoms with Crippen molar-refractivity contribution in [2.24, 2.45) is 23.7 Å². The number of ketones is 5. The first-order valence-electron chi connectivity index (χ1n) is 39.1. The molecule has 0 heterocycles. The molecule has 39 nitrogen and oxygen atoms in total. The van der Waals surface area contributed by atoms with Crippen LogP contribution in [0.1, 0.15) is 159 Å². The Kier molecular flexibility index (Phi) is 99.8. The molecule has 0 aromatic carbocycles. The predicted octanol–water partition coefficient (Wildman–Crippen LogP) is 1.66. The van der Waals surface area contributed by atoms with Crippen LogP contribution in [0.15, 0.2) is 0 Å². The van der Waals surface area contributed by atoms with Gasteiger partial charge in [-0.3, -0.25) is 62.3 Å². The zero-order valence-electron chi connectivity index (χ0n) is 73.8. The Hall–Kier alpha value is -5.06. The fourth-order valence-corrected chi connectivity index (χ4v) is 17.6. The van der Waals surface area contributed by atoms with Gasteiger partial charge in [0.25, 0.3) is 0 Å². The molecular formula is C75H142O39S9. The van der Waals surface area contributed by atoms with E-state index >= 15 is 0 Å². The van der Waals surface area contributed by atoms with E-state index in [2.05, 4.69) is 18.9 Å². The number of hydrogen-bond donors (Lipinski definition) is 8. The fraction of sp³-hybridized carbons (Fsp3) is 0.827. The molecule has 0 rings (SSSR count). The molecule has 0 bridgehead atoms. The van der Waals surface area contributed by atoms with E-state index in [1.165, 1.54) is 65.6 Å². The van der Waals surface area contributed by atoms with Gasteiger partial charge >= 0.3 is 47.8 Å². The summed E-state index contributed by atoms with van der Waals surface area (Å²) < 4.78 is 149. The third kappa shape index (κ3) is 106. The SMILES string of the molecule is CC(=O)CCS(=O)(=O)CCO.CC(=O)CCS(=O)(=O)CCO.CC(=O)CCSCCO.CC(=O)CCSCCO.CCCS(=O)(=O)CCC(C)=O.CCOC(=O)CCC(CS(=O)(=O)CCO)C(=O)OCC.CCOC(=O)CCC(CSCCO)C(=O)OCC.COC(=O)CCC(CS(=O)(=O)CCO)C(=O)OC.COC(=O)CCC(CSCCO)C(=O)OC. The summed E-state index contributed by atoms with van der Waals surface area (Å²) in [6.07, 6.45) is 3.35. The average molecular weight is 1960 g/mol. The van der Waals surface area contributed by atoms with E-state index in [-0.39, 0.29) is 210 Å².